The van der Waals surface area contributed by atoms with Crippen molar-refractivity contribution in [2.24, 2.45) is 5.92 Å². The molecule has 2 rings (SSSR count). The average Bonchev–Trinajstić information content (AvgIpc) is 3.13. The molecule has 1 saturated carbocycles. The van der Waals surface area contributed by atoms with Crippen LogP contribution in [0.2, 0.25) is 0 Å². The van der Waals surface area contributed by atoms with Gasteiger partial charge in [0.1, 0.15) is 0 Å². The van der Waals surface area contributed by atoms with Crippen LogP contribution in [-0.2, 0) is 11.3 Å². The highest BCUT2D eigenvalue weighted by molar-refractivity contribution is 5.77. The molecule has 0 bridgehead atoms. The Hall–Kier alpha value is -1.42. The second kappa shape index (κ2) is 5.77. The first kappa shape index (κ1) is 12.0. The van der Waals surface area contributed by atoms with Crippen LogP contribution in [0, 0.1) is 12.8 Å². The minimum atomic E-state index is 0.0745. The summed E-state index contributed by atoms with van der Waals surface area (Å²) in [5.41, 5.74) is 2.15. The van der Waals surface area contributed by atoms with Crippen molar-refractivity contribution in [1.82, 2.24) is 15.6 Å². The Balaban J connectivity index is 1.64. The zero-order chi connectivity index (χ0) is 12.1. The Kier molecular flexibility index (Phi) is 4.09. The summed E-state index contributed by atoms with van der Waals surface area (Å²) in [7, 11) is 0. The highest BCUT2D eigenvalue weighted by atomic mass is 16.1. The van der Waals surface area contributed by atoms with E-state index in [2.05, 4.69) is 15.6 Å². The molecule has 1 heterocycles. The second-order valence-corrected chi connectivity index (χ2v) is 4.62. The van der Waals surface area contributed by atoms with E-state index in [4.69, 9.17) is 0 Å². The van der Waals surface area contributed by atoms with Crippen molar-refractivity contribution < 1.29 is 4.79 Å². The quantitative estimate of drug-likeness (QED) is 0.771. The molecule has 2 N–H and O–H groups in total. The van der Waals surface area contributed by atoms with Crippen LogP contribution in [0.5, 0.6) is 0 Å². The molecule has 0 spiro atoms. The van der Waals surface area contributed by atoms with Gasteiger partial charge in [0.05, 0.1) is 12.2 Å². The minimum Gasteiger partial charge on any atom is -0.355 e. The summed E-state index contributed by atoms with van der Waals surface area (Å²) in [5, 5.41) is 6.04. The van der Waals surface area contributed by atoms with Crippen LogP contribution in [-0.4, -0.2) is 24.0 Å². The van der Waals surface area contributed by atoms with Crippen LogP contribution in [0.3, 0.4) is 0 Å². The Morgan fingerprint density at radius 1 is 1.53 bits per heavy atom. The maximum Gasteiger partial charge on any atom is 0.233 e. The van der Waals surface area contributed by atoms with Gasteiger partial charge in [-0.2, -0.15) is 0 Å². The zero-order valence-corrected chi connectivity index (χ0v) is 10.2. The van der Waals surface area contributed by atoms with Gasteiger partial charge in [0, 0.05) is 19.3 Å². The highest BCUT2D eigenvalue weighted by Gasteiger charge is 2.21. The Labute approximate surface area is 102 Å². The van der Waals surface area contributed by atoms with E-state index in [-0.39, 0.29) is 5.91 Å². The lowest BCUT2D eigenvalue weighted by molar-refractivity contribution is -0.120. The summed E-state index contributed by atoms with van der Waals surface area (Å²) in [6.45, 7) is 3.87. The third-order valence-electron chi connectivity index (χ3n) is 2.98. The Morgan fingerprint density at radius 3 is 3.06 bits per heavy atom. The molecule has 1 fully saturated rings. The van der Waals surface area contributed by atoms with Crippen molar-refractivity contribution in [2.75, 3.05) is 13.1 Å². The zero-order valence-electron chi connectivity index (χ0n) is 10.2. The molecular weight excluding hydrogens is 214 g/mol. The fourth-order valence-electron chi connectivity index (χ4n) is 1.64. The molecule has 0 atom stereocenters. The fraction of sp³-hybridized carbons (Fsp3) is 0.538. The van der Waals surface area contributed by atoms with Crippen LogP contribution < -0.4 is 10.6 Å². The number of rotatable bonds is 6. The molecule has 0 aliphatic heterocycles. The molecule has 4 nitrogen and oxygen atoms in total. The Bertz CT molecular complexity index is 388. The van der Waals surface area contributed by atoms with E-state index in [1.165, 1.54) is 12.8 Å². The smallest absolute Gasteiger partial charge is 0.233 e. The summed E-state index contributed by atoms with van der Waals surface area (Å²) in [6, 6.07) is 3.94. The number of amides is 1. The van der Waals surface area contributed by atoms with Crippen LogP contribution in [0.4, 0.5) is 0 Å². The number of pyridine rings is 1. The lowest BCUT2D eigenvalue weighted by Crippen LogP contribution is -2.34. The van der Waals surface area contributed by atoms with Crippen molar-refractivity contribution in [2.45, 2.75) is 26.3 Å². The molecule has 4 heteroatoms. The monoisotopic (exact) mass is 233 g/mol. The van der Waals surface area contributed by atoms with E-state index in [9.17, 15) is 4.79 Å². The average molecular weight is 233 g/mol. The largest absolute Gasteiger partial charge is 0.355 e. The first-order valence-electron chi connectivity index (χ1n) is 6.13. The van der Waals surface area contributed by atoms with Gasteiger partial charge in [-0.15, -0.1) is 0 Å². The Morgan fingerprint density at radius 2 is 2.35 bits per heavy atom. The maximum atomic E-state index is 11.5. The third-order valence-corrected chi connectivity index (χ3v) is 2.98. The molecule has 1 amide bonds. The number of hydrogen-bond acceptors (Lipinski definition) is 3. The van der Waals surface area contributed by atoms with Crippen molar-refractivity contribution in [3.05, 3.63) is 29.6 Å². The van der Waals surface area contributed by atoms with E-state index in [0.717, 1.165) is 23.7 Å². The van der Waals surface area contributed by atoms with Gasteiger partial charge in [-0.05, 0) is 37.3 Å². The van der Waals surface area contributed by atoms with E-state index in [1.807, 2.05) is 19.1 Å². The second-order valence-electron chi connectivity index (χ2n) is 4.62. The van der Waals surface area contributed by atoms with Gasteiger partial charge >= 0.3 is 0 Å². The van der Waals surface area contributed by atoms with E-state index in [1.54, 1.807) is 6.20 Å². The number of aromatic nitrogens is 1. The number of nitrogens with zero attached hydrogens (tertiary/aromatic N) is 1. The number of nitrogens with one attached hydrogen (secondary N) is 2. The first-order valence-corrected chi connectivity index (χ1v) is 6.13. The van der Waals surface area contributed by atoms with Crippen molar-refractivity contribution in [1.29, 1.82) is 0 Å². The summed E-state index contributed by atoms with van der Waals surface area (Å²) in [6.07, 6.45) is 4.30. The van der Waals surface area contributed by atoms with E-state index < -0.39 is 0 Å². The summed E-state index contributed by atoms with van der Waals surface area (Å²) in [4.78, 5) is 15.7. The molecule has 0 aromatic carbocycles. The molecule has 1 aromatic rings. The lowest BCUT2D eigenvalue weighted by Gasteiger charge is -2.07. The third kappa shape index (κ3) is 4.15. The van der Waals surface area contributed by atoms with Crippen molar-refractivity contribution in [3.8, 4) is 0 Å². The van der Waals surface area contributed by atoms with Crippen LogP contribution in [0.15, 0.2) is 18.3 Å². The standard InChI is InChI=1S/C13H19N3O/c1-10-3-2-6-15-12(10)8-14-9-13(17)16-7-11-4-5-11/h2-3,6,11,14H,4-5,7-9H2,1H3,(H,16,17). The molecule has 1 aromatic heterocycles. The first-order chi connectivity index (χ1) is 8.25. The number of hydrogen-bond donors (Lipinski definition) is 2. The fourth-order valence-corrected chi connectivity index (χ4v) is 1.64. The van der Waals surface area contributed by atoms with Gasteiger partial charge in [0.15, 0.2) is 0 Å². The van der Waals surface area contributed by atoms with Gasteiger partial charge in [0.2, 0.25) is 5.91 Å². The van der Waals surface area contributed by atoms with Gasteiger partial charge < -0.3 is 10.6 Å². The molecule has 1 aliphatic rings. The SMILES string of the molecule is Cc1cccnc1CNCC(=O)NCC1CC1. The van der Waals surface area contributed by atoms with E-state index in [0.29, 0.717) is 13.1 Å². The lowest BCUT2D eigenvalue weighted by atomic mass is 10.2. The molecule has 92 valence electrons. The maximum absolute atomic E-state index is 11.5. The molecule has 0 unspecified atom stereocenters. The van der Waals surface area contributed by atoms with Crippen LogP contribution in [0.1, 0.15) is 24.1 Å². The number of aryl methyl sites for hydroxylation is 1. The topological polar surface area (TPSA) is 54.0 Å². The molecule has 0 radical (unpaired) electrons. The van der Waals surface area contributed by atoms with Crippen molar-refractivity contribution in [3.63, 3.8) is 0 Å². The van der Waals surface area contributed by atoms with Crippen LogP contribution in [0.25, 0.3) is 0 Å². The van der Waals surface area contributed by atoms with E-state index >= 15 is 0 Å². The molecule has 1 aliphatic carbocycles. The van der Waals surface area contributed by atoms with Gasteiger partial charge in [-0.25, -0.2) is 0 Å². The molecular formula is C13H19N3O. The van der Waals surface area contributed by atoms with Gasteiger partial charge in [-0.3, -0.25) is 9.78 Å². The van der Waals surface area contributed by atoms with Crippen molar-refractivity contribution >= 4 is 5.91 Å². The summed E-state index contributed by atoms with van der Waals surface area (Å²) >= 11 is 0. The summed E-state index contributed by atoms with van der Waals surface area (Å²) < 4.78 is 0. The van der Waals surface area contributed by atoms with Gasteiger partial charge in [-0.1, -0.05) is 6.07 Å². The summed E-state index contributed by atoms with van der Waals surface area (Å²) in [5.74, 6) is 0.808. The predicted octanol–water partition coefficient (Wildman–Crippen LogP) is 1.01. The number of carbonyl (C=O) groups is 1. The normalized spacial score (nSPS) is 14.6. The van der Waals surface area contributed by atoms with Crippen LogP contribution >= 0.6 is 0 Å². The molecule has 17 heavy (non-hydrogen) atoms. The predicted molar refractivity (Wildman–Crippen MR) is 66.4 cm³/mol. The number of carbonyl (C=O) groups excluding carboxylic acids is 1. The van der Waals surface area contributed by atoms with Gasteiger partial charge in [0.25, 0.3) is 0 Å². The highest BCUT2D eigenvalue weighted by Crippen LogP contribution is 2.27. The minimum absolute atomic E-state index is 0.0745. The molecule has 0 saturated heterocycles.